The van der Waals surface area contributed by atoms with Gasteiger partial charge in [-0.3, -0.25) is 9.59 Å². The van der Waals surface area contributed by atoms with Gasteiger partial charge in [-0.15, -0.1) is 11.8 Å². The number of esters is 1. The van der Waals surface area contributed by atoms with Gasteiger partial charge in [-0.25, -0.2) is 0 Å². The van der Waals surface area contributed by atoms with Crippen LogP contribution in [0.15, 0.2) is 52.4 Å². The molecule has 0 saturated heterocycles. The van der Waals surface area contributed by atoms with Crippen LogP contribution in [0.4, 0.5) is 0 Å². The molecule has 29 heavy (non-hydrogen) atoms. The molecule has 1 aromatic heterocycles. The zero-order chi connectivity index (χ0) is 20.8. The molecule has 8 heteroatoms. The van der Waals surface area contributed by atoms with E-state index in [0.29, 0.717) is 11.4 Å². The zero-order valence-electron chi connectivity index (χ0n) is 16.5. The molecular formula is C21H22N2O4S2. The Kier molecular flexibility index (Phi) is 7.11. The summed E-state index contributed by atoms with van der Waals surface area (Å²) >= 11 is 3.00. The van der Waals surface area contributed by atoms with Gasteiger partial charge >= 0.3 is 5.97 Å². The van der Waals surface area contributed by atoms with Crippen molar-refractivity contribution in [2.75, 3.05) is 20.0 Å². The van der Waals surface area contributed by atoms with Crippen molar-refractivity contribution in [2.24, 2.45) is 4.99 Å². The van der Waals surface area contributed by atoms with Gasteiger partial charge in [-0.05, 0) is 49.1 Å². The lowest BCUT2D eigenvalue weighted by Gasteiger charge is -2.05. The highest BCUT2D eigenvalue weighted by Crippen LogP contribution is 2.23. The molecule has 3 aromatic rings. The molecule has 0 aliphatic heterocycles. The first-order chi connectivity index (χ1) is 14.0. The first kappa shape index (κ1) is 21.1. The summed E-state index contributed by atoms with van der Waals surface area (Å²) in [5.41, 5.74) is 1.70. The summed E-state index contributed by atoms with van der Waals surface area (Å²) < 4.78 is 12.9. The van der Waals surface area contributed by atoms with Gasteiger partial charge in [-0.1, -0.05) is 23.5 Å². The first-order valence-corrected chi connectivity index (χ1v) is 11.1. The van der Waals surface area contributed by atoms with Crippen LogP contribution in [0, 0.1) is 0 Å². The second kappa shape index (κ2) is 9.76. The molecule has 0 radical (unpaired) electrons. The minimum Gasteiger partial charge on any atom is -0.494 e. The van der Waals surface area contributed by atoms with E-state index in [1.165, 1.54) is 18.4 Å². The molecule has 0 spiro atoms. The van der Waals surface area contributed by atoms with E-state index in [4.69, 9.17) is 9.47 Å². The number of hydrogen-bond acceptors (Lipinski definition) is 6. The molecule has 0 atom stereocenters. The van der Waals surface area contributed by atoms with Crippen molar-refractivity contribution in [3.8, 4) is 5.75 Å². The normalized spacial score (nSPS) is 11.6. The van der Waals surface area contributed by atoms with Crippen molar-refractivity contribution >= 4 is 45.2 Å². The maximum absolute atomic E-state index is 12.6. The average Bonchev–Trinajstić information content (AvgIpc) is 3.04. The highest BCUT2D eigenvalue weighted by molar-refractivity contribution is 7.98. The molecule has 0 aliphatic rings. The van der Waals surface area contributed by atoms with Gasteiger partial charge in [0.25, 0.3) is 5.91 Å². The Morgan fingerprint density at radius 1 is 1.17 bits per heavy atom. The molecule has 152 valence electrons. The zero-order valence-corrected chi connectivity index (χ0v) is 18.1. The Balaban J connectivity index is 1.96. The molecule has 1 amide bonds. The van der Waals surface area contributed by atoms with Crippen LogP contribution in [0.2, 0.25) is 0 Å². The summed E-state index contributed by atoms with van der Waals surface area (Å²) in [6.07, 6.45) is 2.21. The molecule has 2 aromatic carbocycles. The third-order valence-corrected chi connectivity index (χ3v) is 6.00. The minimum absolute atomic E-state index is 0.0149. The molecule has 0 unspecified atom stereocenters. The Hall–Kier alpha value is -2.58. The van der Waals surface area contributed by atoms with Crippen molar-refractivity contribution in [1.82, 2.24) is 4.57 Å². The Bertz CT molecular complexity index is 1080. The van der Waals surface area contributed by atoms with Crippen LogP contribution < -0.4 is 9.54 Å². The fourth-order valence-electron chi connectivity index (χ4n) is 2.81. The lowest BCUT2D eigenvalue weighted by molar-refractivity contribution is -0.141. The van der Waals surface area contributed by atoms with Crippen molar-refractivity contribution in [2.45, 2.75) is 24.8 Å². The Labute approximate surface area is 177 Å². The van der Waals surface area contributed by atoms with Gasteiger partial charge in [-0.2, -0.15) is 4.99 Å². The van der Waals surface area contributed by atoms with E-state index >= 15 is 0 Å². The molecule has 0 N–H and O–H groups in total. The Morgan fingerprint density at radius 3 is 2.59 bits per heavy atom. The molecule has 1 heterocycles. The van der Waals surface area contributed by atoms with Gasteiger partial charge in [0.2, 0.25) is 0 Å². The maximum Gasteiger partial charge on any atom is 0.325 e. The largest absolute Gasteiger partial charge is 0.494 e. The molecule has 6 nitrogen and oxygen atoms in total. The highest BCUT2D eigenvalue weighted by Gasteiger charge is 2.13. The number of aromatic nitrogens is 1. The fraction of sp³-hybridized carbons (Fsp3) is 0.286. The topological polar surface area (TPSA) is 69.9 Å². The van der Waals surface area contributed by atoms with Crippen LogP contribution in [0.3, 0.4) is 0 Å². The SMILES string of the molecule is CCOc1ccc2c(c1)sc(=NC(=O)Cc1ccc(SC)cc1)n2CC(=O)OC. The van der Waals surface area contributed by atoms with Crippen molar-refractivity contribution in [3.05, 3.63) is 52.8 Å². The van der Waals surface area contributed by atoms with Gasteiger partial charge in [0.05, 0.1) is 30.4 Å². The summed E-state index contributed by atoms with van der Waals surface area (Å²) in [6, 6.07) is 13.4. The molecule has 0 saturated carbocycles. The standard InChI is InChI=1S/C21H22N2O4S2/c1-4-27-15-7-10-17-18(12-15)29-21(23(17)13-20(25)26-2)22-19(24)11-14-5-8-16(28-3)9-6-14/h5-10,12H,4,11,13H2,1-3H3. The summed E-state index contributed by atoms with van der Waals surface area (Å²) in [6.45, 7) is 2.46. The van der Waals surface area contributed by atoms with E-state index in [1.807, 2.05) is 55.6 Å². The summed E-state index contributed by atoms with van der Waals surface area (Å²) in [4.78, 5) is 30.4. The second-order valence-corrected chi connectivity index (χ2v) is 8.03. The lowest BCUT2D eigenvalue weighted by atomic mass is 10.1. The first-order valence-electron chi connectivity index (χ1n) is 9.07. The van der Waals surface area contributed by atoms with E-state index < -0.39 is 5.97 Å². The van der Waals surface area contributed by atoms with Gasteiger partial charge in [0, 0.05) is 4.90 Å². The van der Waals surface area contributed by atoms with Crippen molar-refractivity contribution in [1.29, 1.82) is 0 Å². The van der Waals surface area contributed by atoms with Crippen LogP contribution in [0.25, 0.3) is 10.2 Å². The van der Waals surface area contributed by atoms with Crippen molar-refractivity contribution < 1.29 is 19.1 Å². The van der Waals surface area contributed by atoms with E-state index in [9.17, 15) is 9.59 Å². The van der Waals surface area contributed by atoms with E-state index in [1.54, 1.807) is 16.3 Å². The molecule has 0 aliphatic carbocycles. The maximum atomic E-state index is 12.6. The number of amides is 1. The predicted octanol–water partition coefficient (Wildman–Crippen LogP) is 3.67. The summed E-state index contributed by atoms with van der Waals surface area (Å²) in [5, 5.41) is 0. The number of carbonyl (C=O) groups excluding carboxylic acids is 2. The smallest absolute Gasteiger partial charge is 0.325 e. The Morgan fingerprint density at radius 2 is 1.93 bits per heavy atom. The third kappa shape index (κ3) is 5.27. The molecule has 0 fully saturated rings. The van der Waals surface area contributed by atoms with Crippen LogP contribution >= 0.6 is 23.1 Å². The number of methoxy groups -OCH3 is 1. The molecular weight excluding hydrogens is 408 g/mol. The number of nitrogens with zero attached hydrogens (tertiary/aromatic N) is 2. The summed E-state index contributed by atoms with van der Waals surface area (Å²) in [7, 11) is 1.34. The lowest BCUT2D eigenvalue weighted by Crippen LogP contribution is -2.22. The van der Waals surface area contributed by atoms with Gasteiger partial charge in [0.15, 0.2) is 4.80 Å². The predicted molar refractivity (Wildman–Crippen MR) is 115 cm³/mol. The van der Waals surface area contributed by atoms with Crippen LogP contribution in [-0.2, 0) is 27.3 Å². The number of carbonyl (C=O) groups is 2. The average molecular weight is 431 g/mol. The van der Waals surface area contributed by atoms with E-state index in [2.05, 4.69) is 4.99 Å². The number of fused-ring (bicyclic) bond motifs is 1. The molecule has 3 rings (SSSR count). The van der Waals surface area contributed by atoms with Gasteiger partial charge in [0.1, 0.15) is 12.3 Å². The summed E-state index contributed by atoms with van der Waals surface area (Å²) in [5.74, 6) is 0.0653. The van der Waals surface area contributed by atoms with Crippen molar-refractivity contribution in [3.63, 3.8) is 0 Å². The number of benzene rings is 2. The minimum atomic E-state index is -0.403. The van der Waals surface area contributed by atoms with E-state index in [0.717, 1.165) is 26.4 Å². The van der Waals surface area contributed by atoms with Crippen LogP contribution in [0.5, 0.6) is 5.75 Å². The quantitative estimate of drug-likeness (QED) is 0.423. The number of thiazole rings is 1. The van der Waals surface area contributed by atoms with Crippen LogP contribution in [0.1, 0.15) is 12.5 Å². The number of thioether (sulfide) groups is 1. The number of rotatable bonds is 7. The second-order valence-electron chi connectivity index (χ2n) is 6.14. The fourth-order valence-corrected chi connectivity index (χ4v) is 4.29. The number of ether oxygens (including phenoxy) is 2. The van der Waals surface area contributed by atoms with Gasteiger partial charge < -0.3 is 14.0 Å². The molecule has 0 bridgehead atoms. The number of hydrogen-bond donors (Lipinski definition) is 0. The van der Waals surface area contributed by atoms with E-state index in [-0.39, 0.29) is 18.9 Å². The van der Waals surface area contributed by atoms with Crippen LogP contribution in [-0.4, -0.2) is 36.4 Å². The third-order valence-electron chi connectivity index (χ3n) is 4.21. The highest BCUT2D eigenvalue weighted by atomic mass is 32.2. The monoisotopic (exact) mass is 430 g/mol.